The van der Waals surface area contributed by atoms with Gasteiger partial charge in [0.25, 0.3) is 5.91 Å². The molecule has 1 aromatic heterocycles. The summed E-state index contributed by atoms with van der Waals surface area (Å²) >= 11 is 7.49. The standard InChI is InChI=1S/C15H15ClN2O3S/c1-3-21-12-8-10(7-11(16)14(12)20-2)9-17-18-15(19)13-5-4-6-22-13/h4-9H,3H2,1-2H3,(H,18,19)/b17-9-. The van der Waals surface area contributed by atoms with E-state index >= 15 is 0 Å². The Morgan fingerprint density at radius 2 is 2.32 bits per heavy atom. The number of hydrazone groups is 1. The third kappa shape index (κ3) is 3.99. The fourth-order valence-corrected chi connectivity index (χ4v) is 2.66. The molecule has 0 fully saturated rings. The zero-order valence-electron chi connectivity index (χ0n) is 12.1. The van der Waals surface area contributed by atoms with Gasteiger partial charge in [0.05, 0.1) is 29.8 Å². The van der Waals surface area contributed by atoms with Crippen molar-refractivity contribution in [3.05, 3.63) is 45.1 Å². The number of rotatable bonds is 6. The van der Waals surface area contributed by atoms with Crippen LogP contribution in [-0.4, -0.2) is 25.8 Å². The van der Waals surface area contributed by atoms with Crippen molar-refractivity contribution in [2.24, 2.45) is 5.10 Å². The van der Waals surface area contributed by atoms with E-state index in [0.29, 0.717) is 33.6 Å². The summed E-state index contributed by atoms with van der Waals surface area (Å²) in [5, 5.41) is 6.17. The minimum atomic E-state index is -0.254. The molecule has 1 aromatic carbocycles. The monoisotopic (exact) mass is 338 g/mol. The number of carbonyl (C=O) groups is 1. The second-order valence-corrected chi connectivity index (χ2v) is 5.50. The van der Waals surface area contributed by atoms with E-state index in [1.54, 1.807) is 24.3 Å². The molecule has 2 aromatic rings. The molecule has 0 aliphatic heterocycles. The van der Waals surface area contributed by atoms with Gasteiger partial charge in [0.1, 0.15) is 0 Å². The summed E-state index contributed by atoms with van der Waals surface area (Å²) < 4.78 is 10.7. The van der Waals surface area contributed by atoms with Crippen LogP contribution in [-0.2, 0) is 0 Å². The molecular formula is C15H15ClN2O3S. The van der Waals surface area contributed by atoms with Crippen molar-refractivity contribution >= 4 is 35.1 Å². The Kier molecular flexibility index (Phi) is 5.80. The van der Waals surface area contributed by atoms with Gasteiger partial charge >= 0.3 is 0 Å². The molecule has 7 heteroatoms. The molecule has 22 heavy (non-hydrogen) atoms. The summed E-state index contributed by atoms with van der Waals surface area (Å²) in [7, 11) is 1.53. The fraction of sp³-hybridized carbons (Fsp3) is 0.200. The van der Waals surface area contributed by atoms with Gasteiger partial charge in [-0.1, -0.05) is 17.7 Å². The van der Waals surface area contributed by atoms with Crippen LogP contribution in [0.2, 0.25) is 5.02 Å². The molecule has 116 valence electrons. The number of thiophene rings is 1. The van der Waals surface area contributed by atoms with Crippen LogP contribution in [0.15, 0.2) is 34.7 Å². The second-order valence-electron chi connectivity index (χ2n) is 4.14. The molecule has 0 aliphatic rings. The Hall–Kier alpha value is -2.05. The van der Waals surface area contributed by atoms with Gasteiger partial charge in [0, 0.05) is 0 Å². The molecule has 0 spiro atoms. The largest absolute Gasteiger partial charge is 0.491 e. The highest BCUT2D eigenvalue weighted by atomic mass is 35.5. The van der Waals surface area contributed by atoms with Gasteiger partial charge in [-0.15, -0.1) is 11.3 Å². The highest BCUT2D eigenvalue weighted by Gasteiger charge is 2.11. The quantitative estimate of drug-likeness (QED) is 0.647. The summed E-state index contributed by atoms with van der Waals surface area (Å²) in [4.78, 5) is 12.3. The lowest BCUT2D eigenvalue weighted by Crippen LogP contribution is -2.16. The normalized spacial score (nSPS) is 10.7. The van der Waals surface area contributed by atoms with Crippen molar-refractivity contribution in [3.63, 3.8) is 0 Å². The molecule has 0 atom stereocenters. The van der Waals surface area contributed by atoms with Gasteiger partial charge in [-0.3, -0.25) is 4.79 Å². The first-order valence-electron chi connectivity index (χ1n) is 6.53. The van der Waals surface area contributed by atoms with Gasteiger partial charge < -0.3 is 9.47 Å². The van der Waals surface area contributed by atoms with Crippen LogP contribution >= 0.6 is 22.9 Å². The van der Waals surface area contributed by atoms with Crippen LogP contribution in [0.25, 0.3) is 0 Å². The Balaban J connectivity index is 2.12. The zero-order valence-corrected chi connectivity index (χ0v) is 13.7. The van der Waals surface area contributed by atoms with Crippen molar-refractivity contribution in [1.82, 2.24) is 5.43 Å². The second kappa shape index (κ2) is 7.82. The number of ether oxygens (including phenoxy) is 2. The first kappa shape index (κ1) is 16.3. The van der Waals surface area contributed by atoms with Crippen molar-refractivity contribution in [2.45, 2.75) is 6.92 Å². The molecule has 0 unspecified atom stereocenters. The van der Waals surface area contributed by atoms with E-state index in [0.717, 1.165) is 0 Å². The number of benzene rings is 1. The lowest BCUT2D eigenvalue weighted by atomic mass is 10.2. The van der Waals surface area contributed by atoms with Crippen LogP contribution in [0.5, 0.6) is 11.5 Å². The minimum Gasteiger partial charge on any atom is -0.491 e. The summed E-state index contributed by atoms with van der Waals surface area (Å²) in [5.74, 6) is 0.753. The summed E-state index contributed by atoms with van der Waals surface area (Å²) in [6, 6.07) is 6.96. The van der Waals surface area contributed by atoms with Crippen LogP contribution < -0.4 is 14.9 Å². The summed E-state index contributed by atoms with van der Waals surface area (Å²) in [5.41, 5.74) is 3.15. The maximum atomic E-state index is 11.7. The number of carbonyl (C=O) groups excluding carboxylic acids is 1. The number of hydrogen-bond acceptors (Lipinski definition) is 5. The smallest absolute Gasteiger partial charge is 0.281 e. The Bertz CT molecular complexity index is 672. The van der Waals surface area contributed by atoms with Gasteiger partial charge in [0.15, 0.2) is 11.5 Å². The third-order valence-corrected chi connectivity index (χ3v) is 3.81. The summed E-state index contributed by atoms with van der Waals surface area (Å²) in [6.45, 7) is 2.36. The average molecular weight is 339 g/mol. The highest BCUT2D eigenvalue weighted by molar-refractivity contribution is 7.12. The molecule has 0 radical (unpaired) electrons. The highest BCUT2D eigenvalue weighted by Crippen LogP contribution is 2.35. The van der Waals surface area contributed by atoms with Crippen LogP contribution in [0.1, 0.15) is 22.2 Å². The van der Waals surface area contributed by atoms with Crippen molar-refractivity contribution in [3.8, 4) is 11.5 Å². The molecule has 1 amide bonds. The molecule has 0 aliphatic carbocycles. The number of halogens is 1. The molecular weight excluding hydrogens is 324 g/mol. The van der Waals surface area contributed by atoms with E-state index in [1.165, 1.54) is 24.7 Å². The van der Waals surface area contributed by atoms with Crippen molar-refractivity contribution in [1.29, 1.82) is 0 Å². The van der Waals surface area contributed by atoms with Gasteiger partial charge in [0.2, 0.25) is 0 Å². The molecule has 0 saturated carbocycles. The number of hydrogen-bond donors (Lipinski definition) is 1. The van der Waals surface area contributed by atoms with Gasteiger partial charge in [-0.25, -0.2) is 5.43 Å². The first-order valence-corrected chi connectivity index (χ1v) is 7.78. The predicted octanol–water partition coefficient (Wildman–Crippen LogP) is 3.57. The van der Waals surface area contributed by atoms with E-state index in [-0.39, 0.29) is 5.91 Å². The molecule has 2 rings (SSSR count). The fourth-order valence-electron chi connectivity index (χ4n) is 1.75. The zero-order chi connectivity index (χ0) is 15.9. The molecule has 5 nitrogen and oxygen atoms in total. The SMILES string of the molecule is CCOc1cc(/C=N\NC(=O)c2cccs2)cc(Cl)c1OC. The minimum absolute atomic E-state index is 0.254. The van der Waals surface area contributed by atoms with E-state index in [2.05, 4.69) is 10.5 Å². The van der Waals surface area contributed by atoms with E-state index in [9.17, 15) is 4.79 Å². The Morgan fingerprint density at radius 1 is 1.50 bits per heavy atom. The van der Waals surface area contributed by atoms with E-state index in [4.69, 9.17) is 21.1 Å². The topological polar surface area (TPSA) is 59.9 Å². The van der Waals surface area contributed by atoms with Crippen molar-refractivity contribution in [2.75, 3.05) is 13.7 Å². The number of nitrogens with one attached hydrogen (secondary N) is 1. The van der Waals surface area contributed by atoms with Crippen LogP contribution in [0.4, 0.5) is 0 Å². The maximum absolute atomic E-state index is 11.7. The maximum Gasteiger partial charge on any atom is 0.281 e. The van der Waals surface area contributed by atoms with E-state index in [1.807, 2.05) is 12.3 Å². The lowest BCUT2D eigenvalue weighted by molar-refractivity contribution is 0.0959. The van der Waals surface area contributed by atoms with E-state index < -0.39 is 0 Å². The van der Waals surface area contributed by atoms with Gasteiger partial charge in [-0.2, -0.15) is 5.10 Å². The van der Waals surface area contributed by atoms with Crippen LogP contribution in [0.3, 0.4) is 0 Å². The molecule has 1 N–H and O–H groups in total. The Labute approximate surface area is 137 Å². The predicted molar refractivity (Wildman–Crippen MR) is 88.6 cm³/mol. The Morgan fingerprint density at radius 3 is 2.95 bits per heavy atom. The first-order chi connectivity index (χ1) is 10.7. The van der Waals surface area contributed by atoms with Crippen molar-refractivity contribution < 1.29 is 14.3 Å². The van der Waals surface area contributed by atoms with Crippen LogP contribution in [0, 0.1) is 0 Å². The molecule has 0 bridgehead atoms. The van der Waals surface area contributed by atoms with Gasteiger partial charge in [-0.05, 0) is 36.1 Å². The number of amides is 1. The average Bonchev–Trinajstić information content (AvgIpc) is 3.01. The number of methoxy groups -OCH3 is 1. The third-order valence-electron chi connectivity index (χ3n) is 2.66. The number of nitrogens with zero attached hydrogens (tertiary/aromatic N) is 1. The summed E-state index contributed by atoms with van der Waals surface area (Å²) in [6.07, 6.45) is 1.50. The molecule has 1 heterocycles. The molecule has 0 saturated heterocycles. The lowest BCUT2D eigenvalue weighted by Gasteiger charge is -2.11.